The first-order valence-electron chi connectivity index (χ1n) is 6.67. The topological polar surface area (TPSA) is 38.3 Å². The maximum absolute atomic E-state index is 12.2. The second kappa shape index (κ2) is 5.97. The quantitative estimate of drug-likeness (QED) is 0.691. The molecule has 4 heteroatoms. The van der Waals surface area contributed by atoms with Crippen molar-refractivity contribution in [2.75, 3.05) is 11.9 Å². The lowest BCUT2D eigenvalue weighted by Crippen LogP contribution is -2.03. The van der Waals surface area contributed by atoms with Crippen molar-refractivity contribution in [3.63, 3.8) is 0 Å². The van der Waals surface area contributed by atoms with Crippen LogP contribution in [-0.4, -0.2) is 12.5 Å². The second-order valence-electron chi connectivity index (χ2n) is 4.73. The summed E-state index contributed by atoms with van der Waals surface area (Å²) in [4.78, 5) is 12.2. The third-order valence-electron chi connectivity index (χ3n) is 3.29. The molecule has 3 nitrogen and oxygen atoms in total. The molecule has 0 fully saturated rings. The number of para-hydroxylation sites is 1. The van der Waals surface area contributed by atoms with Gasteiger partial charge in [0, 0.05) is 21.7 Å². The Morgan fingerprint density at radius 3 is 2.91 bits per heavy atom. The van der Waals surface area contributed by atoms with Gasteiger partial charge in [0.05, 0.1) is 5.69 Å². The molecule has 0 radical (unpaired) electrons. The molecule has 0 aromatic heterocycles. The van der Waals surface area contributed by atoms with Crippen molar-refractivity contribution < 1.29 is 9.53 Å². The van der Waals surface area contributed by atoms with Gasteiger partial charge in [0.2, 0.25) is 0 Å². The minimum atomic E-state index is -0.163. The van der Waals surface area contributed by atoms with E-state index in [2.05, 4.69) is 11.2 Å². The molecule has 1 N–H and O–H groups in total. The summed E-state index contributed by atoms with van der Waals surface area (Å²) in [6.45, 7) is 0.179. The lowest BCUT2D eigenvalue weighted by Gasteiger charge is -2.07. The third kappa shape index (κ3) is 2.69. The standard InChI is InChI=1S/C18H12ClNO2/c1-2-9-22-17-6-4-3-5-12(17)10-15-14-8-7-13(19)11-16(14)20-18(15)21/h1,3-8,10-11H,9H2,(H,20,21)/b15-10+. The average Bonchev–Trinajstić information content (AvgIpc) is 2.81. The van der Waals surface area contributed by atoms with Crippen molar-refractivity contribution in [3.8, 4) is 18.1 Å². The lowest BCUT2D eigenvalue weighted by molar-refractivity contribution is -0.110. The largest absolute Gasteiger partial charge is 0.480 e. The number of halogens is 1. The van der Waals surface area contributed by atoms with Gasteiger partial charge in [-0.15, -0.1) is 6.42 Å². The molecule has 1 aliphatic heterocycles. The summed E-state index contributed by atoms with van der Waals surface area (Å²) >= 11 is 5.95. The number of carbonyl (C=O) groups is 1. The molecule has 1 amide bonds. The minimum absolute atomic E-state index is 0.163. The third-order valence-corrected chi connectivity index (χ3v) is 3.53. The molecule has 0 saturated heterocycles. The van der Waals surface area contributed by atoms with E-state index in [0.717, 1.165) is 11.1 Å². The zero-order valence-electron chi connectivity index (χ0n) is 11.6. The normalized spacial score (nSPS) is 14.4. The van der Waals surface area contributed by atoms with Crippen LogP contribution in [0.15, 0.2) is 42.5 Å². The maximum atomic E-state index is 12.2. The first kappa shape index (κ1) is 14.2. The number of fused-ring (bicyclic) bond motifs is 1. The Bertz CT molecular complexity index is 818. The first-order chi connectivity index (χ1) is 10.7. The predicted molar refractivity (Wildman–Crippen MR) is 88.7 cm³/mol. The van der Waals surface area contributed by atoms with E-state index >= 15 is 0 Å². The number of hydrogen-bond acceptors (Lipinski definition) is 2. The van der Waals surface area contributed by atoms with Gasteiger partial charge >= 0.3 is 0 Å². The number of amides is 1. The summed E-state index contributed by atoms with van der Waals surface area (Å²) in [5.74, 6) is 2.91. The molecule has 2 aromatic rings. The van der Waals surface area contributed by atoms with E-state index in [1.807, 2.05) is 30.3 Å². The van der Waals surface area contributed by atoms with Crippen molar-refractivity contribution in [2.45, 2.75) is 0 Å². The van der Waals surface area contributed by atoms with Gasteiger partial charge < -0.3 is 10.1 Å². The van der Waals surface area contributed by atoms with Gasteiger partial charge in [0.25, 0.3) is 5.91 Å². The van der Waals surface area contributed by atoms with Crippen LogP contribution in [0.2, 0.25) is 5.02 Å². The van der Waals surface area contributed by atoms with Crippen LogP contribution in [0.5, 0.6) is 5.75 Å². The summed E-state index contributed by atoms with van der Waals surface area (Å²) in [6.07, 6.45) is 7.02. The molecule has 0 bridgehead atoms. The zero-order chi connectivity index (χ0) is 15.5. The second-order valence-corrected chi connectivity index (χ2v) is 5.17. The highest BCUT2D eigenvalue weighted by molar-refractivity contribution is 6.36. The van der Waals surface area contributed by atoms with Crippen molar-refractivity contribution in [1.29, 1.82) is 0 Å². The molecule has 0 atom stereocenters. The lowest BCUT2D eigenvalue weighted by atomic mass is 10.0. The number of hydrogen-bond donors (Lipinski definition) is 1. The molecule has 1 aliphatic rings. The van der Waals surface area contributed by atoms with Crippen molar-refractivity contribution in [3.05, 3.63) is 58.6 Å². The van der Waals surface area contributed by atoms with E-state index in [9.17, 15) is 4.79 Å². The number of terminal acetylenes is 1. The fourth-order valence-electron chi connectivity index (χ4n) is 2.32. The van der Waals surface area contributed by atoms with Gasteiger partial charge in [-0.05, 0) is 24.3 Å². The SMILES string of the molecule is C#CCOc1ccccc1/C=C1/C(=O)Nc2cc(Cl)ccc21. The van der Waals surface area contributed by atoms with E-state index in [0.29, 0.717) is 22.0 Å². The Morgan fingerprint density at radius 1 is 1.27 bits per heavy atom. The highest BCUT2D eigenvalue weighted by atomic mass is 35.5. The Labute approximate surface area is 133 Å². The molecular formula is C18H12ClNO2. The van der Waals surface area contributed by atoms with Crippen LogP contribution in [0.1, 0.15) is 11.1 Å². The van der Waals surface area contributed by atoms with Gasteiger partial charge in [-0.3, -0.25) is 4.79 Å². The number of rotatable bonds is 3. The van der Waals surface area contributed by atoms with Gasteiger partial charge in [0.1, 0.15) is 12.4 Å². The summed E-state index contributed by atoms with van der Waals surface area (Å²) in [5, 5.41) is 3.39. The number of benzene rings is 2. The molecule has 1 heterocycles. The van der Waals surface area contributed by atoms with Crippen LogP contribution in [0, 0.1) is 12.3 Å². The molecule has 2 aromatic carbocycles. The predicted octanol–water partition coefficient (Wildman–Crippen LogP) is 3.84. The average molecular weight is 310 g/mol. The Hall–Kier alpha value is -2.70. The summed E-state index contributed by atoms with van der Waals surface area (Å²) in [6, 6.07) is 12.7. The maximum Gasteiger partial charge on any atom is 0.256 e. The van der Waals surface area contributed by atoms with Gasteiger partial charge in [0.15, 0.2) is 0 Å². The van der Waals surface area contributed by atoms with E-state index in [4.69, 9.17) is 22.8 Å². The molecule has 3 rings (SSSR count). The monoisotopic (exact) mass is 309 g/mol. The van der Waals surface area contributed by atoms with Crippen LogP contribution in [0.4, 0.5) is 5.69 Å². The minimum Gasteiger partial charge on any atom is -0.480 e. The summed E-state index contributed by atoms with van der Waals surface area (Å²) in [5.41, 5.74) is 2.90. The smallest absolute Gasteiger partial charge is 0.256 e. The van der Waals surface area contributed by atoms with Crippen LogP contribution in [-0.2, 0) is 4.79 Å². The number of carbonyl (C=O) groups excluding carboxylic acids is 1. The van der Waals surface area contributed by atoms with Crippen molar-refractivity contribution in [2.24, 2.45) is 0 Å². The van der Waals surface area contributed by atoms with Gasteiger partial charge in [-0.2, -0.15) is 0 Å². The van der Waals surface area contributed by atoms with Crippen molar-refractivity contribution in [1.82, 2.24) is 0 Å². The van der Waals surface area contributed by atoms with Crippen LogP contribution < -0.4 is 10.1 Å². The van der Waals surface area contributed by atoms with E-state index in [1.54, 1.807) is 18.2 Å². The molecule has 108 valence electrons. The number of anilines is 1. The van der Waals surface area contributed by atoms with Crippen LogP contribution in [0.25, 0.3) is 11.6 Å². The molecule has 0 aliphatic carbocycles. The van der Waals surface area contributed by atoms with Gasteiger partial charge in [-0.25, -0.2) is 0 Å². The highest BCUT2D eigenvalue weighted by Gasteiger charge is 2.24. The summed E-state index contributed by atoms with van der Waals surface area (Å²) in [7, 11) is 0. The van der Waals surface area contributed by atoms with E-state index in [-0.39, 0.29) is 12.5 Å². The van der Waals surface area contributed by atoms with Gasteiger partial charge in [-0.1, -0.05) is 41.8 Å². The highest BCUT2D eigenvalue weighted by Crippen LogP contribution is 2.36. The fraction of sp³-hybridized carbons (Fsp3) is 0.0556. The van der Waals surface area contributed by atoms with E-state index < -0.39 is 0 Å². The van der Waals surface area contributed by atoms with Crippen molar-refractivity contribution >= 4 is 34.8 Å². The number of nitrogens with one attached hydrogen (secondary N) is 1. The Kier molecular flexibility index (Phi) is 3.86. The Balaban J connectivity index is 2.04. The number of ether oxygens (including phenoxy) is 1. The fourth-order valence-corrected chi connectivity index (χ4v) is 2.49. The summed E-state index contributed by atoms with van der Waals surface area (Å²) < 4.78 is 5.51. The van der Waals surface area contributed by atoms with Crippen LogP contribution in [0.3, 0.4) is 0 Å². The molecule has 0 unspecified atom stereocenters. The molecule has 0 saturated carbocycles. The van der Waals surface area contributed by atoms with E-state index in [1.165, 1.54) is 0 Å². The molecular weight excluding hydrogens is 298 g/mol. The zero-order valence-corrected chi connectivity index (χ0v) is 12.4. The molecule has 22 heavy (non-hydrogen) atoms. The molecule has 0 spiro atoms. The first-order valence-corrected chi connectivity index (χ1v) is 7.05. The van der Waals surface area contributed by atoms with Crippen LogP contribution >= 0.6 is 11.6 Å². The Morgan fingerprint density at radius 2 is 2.09 bits per heavy atom.